The molecule has 0 radical (unpaired) electrons. The Hall–Kier alpha value is -2.38. The summed E-state index contributed by atoms with van der Waals surface area (Å²) in [5.74, 6) is 1.59. The van der Waals surface area contributed by atoms with E-state index in [4.69, 9.17) is 0 Å². The minimum absolute atomic E-state index is 0.0905. The molecule has 4 aromatic rings. The number of hydrogen-bond donors (Lipinski definition) is 1. The molecular weight excluding hydrogens is 364 g/mol. The van der Waals surface area contributed by atoms with Crippen molar-refractivity contribution < 1.29 is 4.79 Å². The fourth-order valence-corrected chi connectivity index (χ4v) is 4.42. The van der Waals surface area contributed by atoms with Crippen molar-refractivity contribution in [2.45, 2.75) is 19.2 Å². The average molecular weight is 383 g/mol. The second-order valence-electron chi connectivity index (χ2n) is 6.02. The van der Waals surface area contributed by atoms with Gasteiger partial charge < -0.3 is 9.88 Å². The molecule has 4 rings (SSSR count). The van der Waals surface area contributed by atoms with Crippen LogP contribution in [-0.2, 0) is 17.1 Å². The van der Waals surface area contributed by atoms with Gasteiger partial charge in [-0.2, -0.15) is 11.8 Å². The van der Waals surface area contributed by atoms with Gasteiger partial charge in [0.15, 0.2) is 5.13 Å². The number of thiazole rings is 1. The highest BCUT2D eigenvalue weighted by Crippen LogP contribution is 2.28. The Kier molecular flexibility index (Phi) is 4.65. The van der Waals surface area contributed by atoms with Crippen LogP contribution >= 0.6 is 23.1 Å². The van der Waals surface area contributed by atoms with Crippen molar-refractivity contribution in [2.75, 3.05) is 11.6 Å². The van der Waals surface area contributed by atoms with Crippen LogP contribution in [0, 0.1) is 6.92 Å². The summed E-state index contributed by atoms with van der Waals surface area (Å²) in [5, 5.41) is 3.58. The average Bonchev–Trinajstić information content (AvgIpc) is 3.18. The third-order valence-corrected chi connectivity index (χ3v) is 5.66. The number of aryl methyl sites for hydroxylation is 1. The molecule has 0 aliphatic rings. The lowest BCUT2D eigenvalue weighted by Crippen LogP contribution is -2.20. The summed E-state index contributed by atoms with van der Waals surface area (Å²) in [4.78, 5) is 21.9. The molecule has 0 fully saturated rings. The highest BCUT2D eigenvalue weighted by Gasteiger charge is 2.15. The third kappa shape index (κ3) is 3.20. The molecule has 26 heavy (non-hydrogen) atoms. The van der Waals surface area contributed by atoms with E-state index in [0.717, 1.165) is 38.4 Å². The Bertz CT molecular complexity index is 1100. The summed E-state index contributed by atoms with van der Waals surface area (Å²) in [6.45, 7) is 2.26. The van der Waals surface area contributed by atoms with Gasteiger partial charge in [-0.25, -0.2) is 9.97 Å². The van der Waals surface area contributed by atoms with Gasteiger partial charge in [0.2, 0.25) is 5.91 Å². The maximum absolute atomic E-state index is 12.6. The summed E-state index contributed by atoms with van der Waals surface area (Å²) < 4.78 is 3.07. The molecule has 0 spiro atoms. The first-order valence-electron chi connectivity index (χ1n) is 8.25. The zero-order chi connectivity index (χ0) is 18.1. The topological polar surface area (TPSA) is 59.8 Å². The maximum Gasteiger partial charge on any atom is 0.246 e. The Labute approximate surface area is 159 Å². The van der Waals surface area contributed by atoms with E-state index in [1.165, 1.54) is 11.3 Å². The number of nitrogens with zero attached hydrogens (tertiary/aromatic N) is 3. The highest BCUT2D eigenvalue weighted by atomic mass is 32.2. The van der Waals surface area contributed by atoms with E-state index in [1.807, 2.05) is 60.2 Å². The third-order valence-electron chi connectivity index (χ3n) is 4.18. The molecule has 0 bridgehead atoms. The summed E-state index contributed by atoms with van der Waals surface area (Å²) in [6.07, 6.45) is 2.03. The van der Waals surface area contributed by atoms with Gasteiger partial charge in [0.25, 0.3) is 0 Å². The maximum atomic E-state index is 12.6. The van der Waals surface area contributed by atoms with Crippen LogP contribution in [0.25, 0.3) is 21.3 Å². The van der Waals surface area contributed by atoms with E-state index in [0.29, 0.717) is 5.13 Å². The molecule has 0 saturated heterocycles. The van der Waals surface area contributed by atoms with E-state index in [-0.39, 0.29) is 12.5 Å². The van der Waals surface area contributed by atoms with Gasteiger partial charge >= 0.3 is 0 Å². The number of nitrogens with one attached hydrogen (secondary N) is 1. The zero-order valence-corrected chi connectivity index (χ0v) is 16.2. The van der Waals surface area contributed by atoms with Crippen molar-refractivity contribution in [1.82, 2.24) is 14.5 Å². The molecule has 5 nitrogen and oxygen atoms in total. The number of rotatable bonds is 5. The van der Waals surface area contributed by atoms with Crippen LogP contribution in [0.5, 0.6) is 0 Å². The van der Waals surface area contributed by atoms with Crippen LogP contribution < -0.4 is 5.32 Å². The number of carbonyl (C=O) groups excluding carboxylic acids is 1. The van der Waals surface area contributed by atoms with E-state index in [9.17, 15) is 4.79 Å². The number of amides is 1. The van der Waals surface area contributed by atoms with Gasteiger partial charge in [0.1, 0.15) is 12.4 Å². The van der Waals surface area contributed by atoms with Gasteiger partial charge in [0, 0.05) is 0 Å². The van der Waals surface area contributed by atoms with E-state index in [2.05, 4.69) is 15.3 Å². The van der Waals surface area contributed by atoms with Crippen LogP contribution in [0.15, 0.2) is 42.5 Å². The Morgan fingerprint density at radius 3 is 2.85 bits per heavy atom. The minimum Gasteiger partial charge on any atom is -0.318 e. The number of thioether (sulfide) groups is 1. The molecule has 7 heteroatoms. The number of hydrogen-bond acceptors (Lipinski definition) is 5. The van der Waals surface area contributed by atoms with Crippen LogP contribution in [-0.4, -0.2) is 26.7 Å². The molecule has 0 unspecified atom stereocenters. The first-order valence-corrected chi connectivity index (χ1v) is 10.5. The number of benzene rings is 2. The lowest BCUT2D eigenvalue weighted by molar-refractivity contribution is -0.116. The molecule has 2 heterocycles. The van der Waals surface area contributed by atoms with Crippen molar-refractivity contribution in [3.63, 3.8) is 0 Å². The number of imidazole rings is 1. The van der Waals surface area contributed by atoms with Crippen molar-refractivity contribution in [3.05, 3.63) is 53.9 Å². The second-order valence-corrected chi connectivity index (χ2v) is 7.92. The fourth-order valence-electron chi connectivity index (χ4n) is 2.98. The predicted octanol–water partition coefficient (Wildman–Crippen LogP) is 4.46. The number of para-hydroxylation sites is 3. The van der Waals surface area contributed by atoms with Gasteiger partial charge in [-0.3, -0.25) is 4.79 Å². The molecule has 0 atom stereocenters. The van der Waals surface area contributed by atoms with Crippen molar-refractivity contribution in [3.8, 4) is 0 Å². The molecule has 132 valence electrons. The Morgan fingerprint density at radius 1 is 1.19 bits per heavy atom. The van der Waals surface area contributed by atoms with E-state index < -0.39 is 0 Å². The van der Waals surface area contributed by atoms with Crippen LogP contribution in [0.3, 0.4) is 0 Å². The molecule has 1 amide bonds. The largest absolute Gasteiger partial charge is 0.318 e. The second kappa shape index (κ2) is 7.09. The van der Waals surface area contributed by atoms with Gasteiger partial charge in [-0.05, 0) is 36.9 Å². The quantitative estimate of drug-likeness (QED) is 0.554. The standard InChI is InChI=1S/C19H18N4OS2/c1-12-6-5-9-15-18(12)22-19(26-15)21-17(24)10-23-14-8-4-3-7-13(14)20-16(23)11-25-2/h3-9H,10-11H2,1-2H3,(H,21,22,24). The summed E-state index contributed by atoms with van der Waals surface area (Å²) in [6, 6.07) is 14.0. The molecule has 1 N–H and O–H groups in total. The van der Waals surface area contributed by atoms with Crippen molar-refractivity contribution >= 4 is 55.4 Å². The summed E-state index contributed by atoms with van der Waals surface area (Å²) >= 11 is 3.19. The van der Waals surface area contributed by atoms with E-state index in [1.54, 1.807) is 11.8 Å². The summed E-state index contributed by atoms with van der Waals surface area (Å²) in [5.41, 5.74) is 3.96. The molecule has 0 saturated carbocycles. The molecule has 2 aromatic carbocycles. The normalized spacial score (nSPS) is 11.3. The number of aromatic nitrogens is 3. The predicted molar refractivity (Wildman–Crippen MR) is 110 cm³/mol. The first kappa shape index (κ1) is 17.1. The first-order chi connectivity index (χ1) is 12.7. The fraction of sp³-hybridized carbons (Fsp3) is 0.211. The number of carbonyl (C=O) groups is 1. The van der Waals surface area contributed by atoms with Gasteiger partial charge in [-0.1, -0.05) is 35.6 Å². The number of fused-ring (bicyclic) bond motifs is 2. The molecule has 0 aliphatic carbocycles. The minimum atomic E-state index is -0.0905. The Morgan fingerprint density at radius 2 is 2.04 bits per heavy atom. The van der Waals surface area contributed by atoms with E-state index >= 15 is 0 Å². The highest BCUT2D eigenvalue weighted by molar-refractivity contribution is 7.97. The smallest absolute Gasteiger partial charge is 0.246 e. The van der Waals surface area contributed by atoms with Crippen molar-refractivity contribution in [1.29, 1.82) is 0 Å². The van der Waals surface area contributed by atoms with Gasteiger partial charge in [0.05, 0.1) is 27.0 Å². The van der Waals surface area contributed by atoms with Crippen molar-refractivity contribution in [2.24, 2.45) is 0 Å². The van der Waals surface area contributed by atoms with Crippen LogP contribution in [0.4, 0.5) is 5.13 Å². The lowest BCUT2D eigenvalue weighted by atomic mass is 10.2. The number of anilines is 1. The van der Waals surface area contributed by atoms with Gasteiger partial charge in [-0.15, -0.1) is 0 Å². The summed E-state index contributed by atoms with van der Waals surface area (Å²) in [7, 11) is 0. The lowest BCUT2D eigenvalue weighted by Gasteiger charge is -2.08. The van der Waals surface area contributed by atoms with Crippen LogP contribution in [0.1, 0.15) is 11.4 Å². The van der Waals surface area contributed by atoms with Crippen LogP contribution in [0.2, 0.25) is 0 Å². The molecule has 2 aromatic heterocycles. The molecular formula is C19H18N4OS2. The SMILES string of the molecule is CSCc1nc2ccccc2n1CC(=O)Nc1nc2c(C)cccc2s1. The Balaban J connectivity index is 1.60. The zero-order valence-electron chi connectivity index (χ0n) is 14.5. The monoisotopic (exact) mass is 382 g/mol. The molecule has 0 aliphatic heterocycles.